The minimum Gasteiger partial charge on any atom is -0.497 e. The maximum absolute atomic E-state index is 12.8. The number of ether oxygens (including phenoxy) is 1. The van der Waals surface area contributed by atoms with Crippen molar-refractivity contribution in [2.75, 3.05) is 32.1 Å². The molecule has 2 aromatic carbocycles. The number of carbonyl (C=O) groups is 2. The van der Waals surface area contributed by atoms with E-state index in [1.807, 2.05) is 53.4 Å². The van der Waals surface area contributed by atoms with Crippen LogP contribution in [-0.2, 0) is 11.3 Å². The van der Waals surface area contributed by atoms with Gasteiger partial charge in [-0.2, -0.15) is 0 Å². The highest BCUT2D eigenvalue weighted by atomic mass is 16.5. The van der Waals surface area contributed by atoms with Gasteiger partial charge in [-0.15, -0.1) is 0 Å². The van der Waals surface area contributed by atoms with E-state index >= 15 is 0 Å². The van der Waals surface area contributed by atoms with Crippen molar-refractivity contribution in [3.63, 3.8) is 0 Å². The number of amides is 2. The van der Waals surface area contributed by atoms with Crippen LogP contribution in [0.1, 0.15) is 41.6 Å². The number of rotatable bonds is 7. The number of likely N-dealkylation sites (tertiary alicyclic amines) is 1. The first-order valence-corrected chi connectivity index (χ1v) is 10.2. The molecule has 0 atom stereocenters. The van der Waals surface area contributed by atoms with E-state index in [9.17, 15) is 9.59 Å². The third-order valence-electron chi connectivity index (χ3n) is 5.10. The summed E-state index contributed by atoms with van der Waals surface area (Å²) in [5.41, 5.74) is 2.44. The van der Waals surface area contributed by atoms with Crippen LogP contribution in [0.5, 0.6) is 5.75 Å². The summed E-state index contributed by atoms with van der Waals surface area (Å²) in [6, 6.07) is 15.0. The standard InChI is InChI=1S/C23H29N3O3/c1-29-21-11-9-18(10-12-21)16-25-22(27)17-24-20-8-6-7-19(15-20)23(28)26-13-4-2-3-5-14-26/h6-12,15,24H,2-5,13-14,16-17H2,1H3,(H,25,27). The Bertz CT molecular complexity index is 812. The Morgan fingerprint density at radius 2 is 1.72 bits per heavy atom. The predicted molar refractivity (Wildman–Crippen MR) is 114 cm³/mol. The number of nitrogens with one attached hydrogen (secondary N) is 2. The first-order chi connectivity index (χ1) is 14.2. The van der Waals surface area contributed by atoms with Crippen molar-refractivity contribution in [1.29, 1.82) is 0 Å². The van der Waals surface area contributed by atoms with Crippen molar-refractivity contribution in [2.45, 2.75) is 32.2 Å². The summed E-state index contributed by atoms with van der Waals surface area (Å²) < 4.78 is 5.13. The van der Waals surface area contributed by atoms with E-state index in [1.165, 1.54) is 12.8 Å². The molecule has 6 nitrogen and oxygen atoms in total. The second kappa shape index (κ2) is 10.5. The summed E-state index contributed by atoms with van der Waals surface area (Å²) in [5.74, 6) is 0.751. The fraction of sp³-hybridized carbons (Fsp3) is 0.391. The van der Waals surface area contributed by atoms with Gasteiger partial charge in [0.2, 0.25) is 5.91 Å². The minimum absolute atomic E-state index is 0.0690. The largest absolute Gasteiger partial charge is 0.497 e. The third-order valence-corrected chi connectivity index (χ3v) is 5.10. The van der Waals surface area contributed by atoms with E-state index in [0.29, 0.717) is 12.1 Å². The fourth-order valence-corrected chi connectivity index (χ4v) is 3.41. The Balaban J connectivity index is 1.49. The number of carbonyl (C=O) groups excluding carboxylic acids is 2. The first kappa shape index (κ1) is 20.7. The zero-order valence-electron chi connectivity index (χ0n) is 16.9. The second-order valence-electron chi connectivity index (χ2n) is 7.27. The van der Waals surface area contributed by atoms with Gasteiger partial charge in [-0.1, -0.05) is 31.0 Å². The highest BCUT2D eigenvalue weighted by molar-refractivity contribution is 5.95. The van der Waals surface area contributed by atoms with Gasteiger partial charge in [-0.25, -0.2) is 0 Å². The lowest BCUT2D eigenvalue weighted by molar-refractivity contribution is -0.119. The second-order valence-corrected chi connectivity index (χ2v) is 7.27. The Kier molecular flexibility index (Phi) is 7.50. The number of benzene rings is 2. The van der Waals surface area contributed by atoms with Gasteiger partial charge in [0.15, 0.2) is 0 Å². The summed E-state index contributed by atoms with van der Waals surface area (Å²) in [6.07, 6.45) is 4.52. The minimum atomic E-state index is -0.106. The monoisotopic (exact) mass is 395 g/mol. The highest BCUT2D eigenvalue weighted by Gasteiger charge is 2.17. The molecule has 1 aliphatic rings. The van der Waals surface area contributed by atoms with Gasteiger partial charge in [0.25, 0.3) is 5.91 Å². The van der Waals surface area contributed by atoms with Gasteiger partial charge >= 0.3 is 0 Å². The number of anilines is 1. The first-order valence-electron chi connectivity index (χ1n) is 10.2. The van der Waals surface area contributed by atoms with Crippen LogP contribution >= 0.6 is 0 Å². The molecule has 0 unspecified atom stereocenters. The van der Waals surface area contributed by atoms with Crippen molar-refractivity contribution in [1.82, 2.24) is 10.2 Å². The van der Waals surface area contributed by atoms with E-state index in [-0.39, 0.29) is 18.4 Å². The summed E-state index contributed by atoms with van der Waals surface area (Å²) in [5, 5.41) is 5.99. The fourth-order valence-electron chi connectivity index (χ4n) is 3.41. The zero-order chi connectivity index (χ0) is 20.5. The van der Waals surface area contributed by atoms with Crippen molar-refractivity contribution >= 4 is 17.5 Å². The molecule has 1 saturated heterocycles. The molecule has 0 saturated carbocycles. The Hall–Kier alpha value is -3.02. The number of nitrogens with zero attached hydrogens (tertiary/aromatic N) is 1. The Morgan fingerprint density at radius 3 is 2.41 bits per heavy atom. The van der Waals surface area contributed by atoms with Crippen LogP contribution in [0.3, 0.4) is 0 Å². The van der Waals surface area contributed by atoms with Crippen LogP contribution in [0.2, 0.25) is 0 Å². The maximum atomic E-state index is 12.8. The van der Waals surface area contributed by atoms with E-state index in [4.69, 9.17) is 4.74 Å². The van der Waals surface area contributed by atoms with Crippen molar-refractivity contribution < 1.29 is 14.3 Å². The molecule has 1 aliphatic heterocycles. The molecular formula is C23H29N3O3. The molecule has 0 aliphatic carbocycles. The smallest absolute Gasteiger partial charge is 0.253 e. The maximum Gasteiger partial charge on any atom is 0.253 e. The lowest BCUT2D eigenvalue weighted by Crippen LogP contribution is -2.32. The normalized spacial score (nSPS) is 14.0. The SMILES string of the molecule is COc1ccc(CNC(=O)CNc2cccc(C(=O)N3CCCCCC3)c2)cc1. The summed E-state index contributed by atoms with van der Waals surface area (Å²) >= 11 is 0. The molecule has 29 heavy (non-hydrogen) atoms. The van der Waals surface area contributed by atoms with E-state index in [2.05, 4.69) is 10.6 Å². The Labute approximate surface area is 172 Å². The molecule has 0 radical (unpaired) electrons. The third kappa shape index (κ3) is 6.24. The summed E-state index contributed by atoms with van der Waals surface area (Å²) in [7, 11) is 1.62. The van der Waals surface area contributed by atoms with Gasteiger partial charge in [0.05, 0.1) is 13.7 Å². The van der Waals surface area contributed by atoms with Crippen LogP contribution in [0.15, 0.2) is 48.5 Å². The van der Waals surface area contributed by atoms with Gasteiger partial charge in [0.1, 0.15) is 5.75 Å². The van der Waals surface area contributed by atoms with Gasteiger partial charge in [0, 0.05) is 30.9 Å². The van der Waals surface area contributed by atoms with Crippen LogP contribution in [0.25, 0.3) is 0 Å². The lowest BCUT2D eigenvalue weighted by Gasteiger charge is -2.20. The Morgan fingerprint density at radius 1 is 1.00 bits per heavy atom. The van der Waals surface area contributed by atoms with Crippen LogP contribution in [0, 0.1) is 0 Å². The number of methoxy groups -OCH3 is 1. The average Bonchev–Trinajstić information content (AvgIpc) is 3.06. The molecule has 1 heterocycles. The van der Waals surface area contributed by atoms with E-state index < -0.39 is 0 Å². The van der Waals surface area contributed by atoms with E-state index in [1.54, 1.807) is 7.11 Å². The number of hydrogen-bond acceptors (Lipinski definition) is 4. The van der Waals surface area contributed by atoms with Crippen LogP contribution < -0.4 is 15.4 Å². The molecule has 2 N–H and O–H groups in total. The molecule has 6 heteroatoms. The van der Waals surface area contributed by atoms with Crippen LogP contribution in [-0.4, -0.2) is 43.5 Å². The van der Waals surface area contributed by atoms with Crippen molar-refractivity contribution in [3.8, 4) is 5.75 Å². The quantitative estimate of drug-likeness (QED) is 0.753. The van der Waals surface area contributed by atoms with E-state index in [0.717, 1.165) is 42.9 Å². The average molecular weight is 396 g/mol. The summed E-state index contributed by atoms with van der Waals surface area (Å²) in [4.78, 5) is 26.8. The van der Waals surface area contributed by atoms with Crippen LogP contribution in [0.4, 0.5) is 5.69 Å². The number of hydrogen-bond donors (Lipinski definition) is 2. The molecule has 154 valence electrons. The molecule has 0 aromatic heterocycles. The molecule has 2 aromatic rings. The van der Waals surface area contributed by atoms with Crippen molar-refractivity contribution in [2.24, 2.45) is 0 Å². The van der Waals surface area contributed by atoms with Gasteiger partial charge in [-0.05, 0) is 48.7 Å². The lowest BCUT2D eigenvalue weighted by atomic mass is 10.1. The highest BCUT2D eigenvalue weighted by Crippen LogP contribution is 2.16. The zero-order valence-corrected chi connectivity index (χ0v) is 16.9. The van der Waals surface area contributed by atoms with Gasteiger partial charge < -0.3 is 20.3 Å². The molecule has 0 bridgehead atoms. The molecule has 0 spiro atoms. The molecular weight excluding hydrogens is 366 g/mol. The predicted octanol–water partition coefficient (Wildman–Crippen LogP) is 3.44. The van der Waals surface area contributed by atoms with Gasteiger partial charge in [-0.3, -0.25) is 9.59 Å². The molecule has 3 rings (SSSR count). The summed E-state index contributed by atoms with van der Waals surface area (Å²) in [6.45, 7) is 2.25. The molecule has 2 amide bonds. The molecule has 1 fully saturated rings. The topological polar surface area (TPSA) is 70.7 Å². The van der Waals surface area contributed by atoms with Crippen molar-refractivity contribution in [3.05, 3.63) is 59.7 Å².